The number of piperidine rings is 1. The second-order valence-electron chi connectivity index (χ2n) is 5.41. The standard InChI is InChI=1S/C14H21FN2/c1-9-6-10(2)11(3)17(8-9)14-7-12(15)4-5-13(14)16/h4-5,7,9-11H,6,8,16H2,1-3H3. The maximum Gasteiger partial charge on any atom is 0.125 e. The van der Waals surface area contributed by atoms with Crippen molar-refractivity contribution >= 4 is 11.4 Å². The summed E-state index contributed by atoms with van der Waals surface area (Å²) in [5.74, 6) is 1.03. The summed E-state index contributed by atoms with van der Waals surface area (Å²) < 4.78 is 13.3. The van der Waals surface area contributed by atoms with E-state index in [1.54, 1.807) is 12.1 Å². The molecule has 0 aliphatic carbocycles. The molecule has 3 heteroatoms. The molecule has 1 aromatic carbocycles. The molecule has 2 rings (SSSR count). The van der Waals surface area contributed by atoms with Gasteiger partial charge in [0.2, 0.25) is 0 Å². The first-order chi connectivity index (χ1) is 7.99. The van der Waals surface area contributed by atoms with Gasteiger partial charge in [0.1, 0.15) is 5.82 Å². The lowest BCUT2D eigenvalue weighted by molar-refractivity contribution is 0.297. The molecule has 3 atom stereocenters. The summed E-state index contributed by atoms with van der Waals surface area (Å²) in [5.41, 5.74) is 7.47. The number of halogens is 1. The predicted octanol–water partition coefficient (Wildman–Crippen LogP) is 3.28. The van der Waals surface area contributed by atoms with Crippen LogP contribution >= 0.6 is 0 Å². The molecule has 2 nitrogen and oxygen atoms in total. The van der Waals surface area contributed by atoms with Crippen molar-refractivity contribution in [3.05, 3.63) is 24.0 Å². The minimum Gasteiger partial charge on any atom is -0.397 e. The highest BCUT2D eigenvalue weighted by molar-refractivity contribution is 5.68. The molecule has 2 N–H and O–H groups in total. The van der Waals surface area contributed by atoms with Crippen molar-refractivity contribution < 1.29 is 4.39 Å². The van der Waals surface area contributed by atoms with Crippen molar-refractivity contribution in [2.24, 2.45) is 11.8 Å². The fourth-order valence-electron chi connectivity index (χ4n) is 2.80. The summed E-state index contributed by atoms with van der Waals surface area (Å²) in [6, 6.07) is 5.04. The Labute approximate surface area is 103 Å². The average molecular weight is 236 g/mol. The smallest absolute Gasteiger partial charge is 0.125 e. The van der Waals surface area contributed by atoms with Crippen molar-refractivity contribution in [2.75, 3.05) is 17.2 Å². The van der Waals surface area contributed by atoms with Crippen LogP contribution in [0.25, 0.3) is 0 Å². The average Bonchev–Trinajstić information content (AvgIpc) is 2.27. The summed E-state index contributed by atoms with van der Waals surface area (Å²) in [6.07, 6.45) is 1.23. The van der Waals surface area contributed by atoms with E-state index in [2.05, 4.69) is 25.7 Å². The molecule has 0 aromatic heterocycles. The van der Waals surface area contributed by atoms with E-state index in [9.17, 15) is 4.39 Å². The number of benzene rings is 1. The Kier molecular flexibility index (Phi) is 3.27. The summed E-state index contributed by atoms with van der Waals surface area (Å²) in [4.78, 5) is 2.25. The van der Waals surface area contributed by atoms with Crippen LogP contribution in [0.1, 0.15) is 27.2 Å². The lowest BCUT2D eigenvalue weighted by Gasteiger charge is -2.43. The molecule has 1 aliphatic rings. The molecule has 0 amide bonds. The molecule has 3 unspecified atom stereocenters. The zero-order valence-corrected chi connectivity index (χ0v) is 10.8. The minimum atomic E-state index is -0.215. The lowest BCUT2D eigenvalue weighted by Crippen LogP contribution is -2.46. The largest absolute Gasteiger partial charge is 0.397 e. The van der Waals surface area contributed by atoms with Crippen LogP contribution in [0.2, 0.25) is 0 Å². The first-order valence-corrected chi connectivity index (χ1v) is 6.30. The van der Waals surface area contributed by atoms with Gasteiger partial charge in [-0.05, 0) is 43.4 Å². The number of nitrogen functional groups attached to an aromatic ring is 1. The highest BCUT2D eigenvalue weighted by atomic mass is 19.1. The first kappa shape index (κ1) is 12.2. The van der Waals surface area contributed by atoms with Gasteiger partial charge >= 0.3 is 0 Å². The van der Waals surface area contributed by atoms with Gasteiger partial charge < -0.3 is 10.6 Å². The molecule has 1 fully saturated rings. The van der Waals surface area contributed by atoms with E-state index >= 15 is 0 Å². The number of hydrogen-bond acceptors (Lipinski definition) is 2. The fraction of sp³-hybridized carbons (Fsp3) is 0.571. The topological polar surface area (TPSA) is 29.3 Å². The van der Waals surface area contributed by atoms with Crippen LogP contribution in [0.4, 0.5) is 15.8 Å². The third-order valence-electron chi connectivity index (χ3n) is 3.90. The van der Waals surface area contributed by atoms with Gasteiger partial charge in [-0.3, -0.25) is 0 Å². The van der Waals surface area contributed by atoms with E-state index in [-0.39, 0.29) is 5.82 Å². The van der Waals surface area contributed by atoms with Gasteiger partial charge in [0.05, 0.1) is 11.4 Å². The Morgan fingerprint density at radius 3 is 2.71 bits per heavy atom. The Balaban J connectivity index is 2.34. The van der Waals surface area contributed by atoms with Crippen LogP contribution in [0, 0.1) is 17.7 Å². The van der Waals surface area contributed by atoms with E-state index in [1.165, 1.54) is 12.5 Å². The number of hydrogen-bond donors (Lipinski definition) is 1. The van der Waals surface area contributed by atoms with Crippen molar-refractivity contribution in [2.45, 2.75) is 33.2 Å². The maximum atomic E-state index is 13.3. The van der Waals surface area contributed by atoms with Crippen LogP contribution in [-0.4, -0.2) is 12.6 Å². The van der Waals surface area contributed by atoms with E-state index in [4.69, 9.17) is 5.73 Å². The number of rotatable bonds is 1. The van der Waals surface area contributed by atoms with Crippen LogP contribution in [0.5, 0.6) is 0 Å². The normalized spacial score (nSPS) is 29.4. The Morgan fingerprint density at radius 1 is 1.29 bits per heavy atom. The van der Waals surface area contributed by atoms with Gasteiger partial charge in [0, 0.05) is 12.6 Å². The van der Waals surface area contributed by atoms with E-state index < -0.39 is 0 Å². The second kappa shape index (κ2) is 4.55. The van der Waals surface area contributed by atoms with Crippen LogP contribution in [0.15, 0.2) is 18.2 Å². The van der Waals surface area contributed by atoms with Crippen molar-refractivity contribution in [3.8, 4) is 0 Å². The third kappa shape index (κ3) is 2.38. The van der Waals surface area contributed by atoms with Crippen LogP contribution < -0.4 is 10.6 Å². The monoisotopic (exact) mass is 236 g/mol. The highest BCUT2D eigenvalue weighted by Crippen LogP contribution is 2.34. The van der Waals surface area contributed by atoms with Crippen LogP contribution in [0.3, 0.4) is 0 Å². The Bertz CT molecular complexity index is 405. The number of nitrogens with zero attached hydrogens (tertiary/aromatic N) is 1. The lowest BCUT2D eigenvalue weighted by atomic mass is 9.85. The summed E-state index contributed by atoms with van der Waals surface area (Å²) in [5, 5.41) is 0. The van der Waals surface area contributed by atoms with Gasteiger partial charge in [0.25, 0.3) is 0 Å². The van der Waals surface area contributed by atoms with Crippen LogP contribution in [-0.2, 0) is 0 Å². The van der Waals surface area contributed by atoms with Gasteiger partial charge in [-0.25, -0.2) is 4.39 Å². The van der Waals surface area contributed by atoms with Crippen molar-refractivity contribution in [3.63, 3.8) is 0 Å². The van der Waals surface area contributed by atoms with E-state index in [0.29, 0.717) is 23.6 Å². The first-order valence-electron chi connectivity index (χ1n) is 6.30. The predicted molar refractivity (Wildman–Crippen MR) is 70.6 cm³/mol. The summed E-state index contributed by atoms with van der Waals surface area (Å²) >= 11 is 0. The molecule has 0 spiro atoms. The quantitative estimate of drug-likeness (QED) is 0.758. The molecule has 0 bridgehead atoms. The van der Waals surface area contributed by atoms with Gasteiger partial charge in [0.15, 0.2) is 0 Å². The van der Waals surface area contributed by atoms with Gasteiger partial charge in [-0.15, -0.1) is 0 Å². The molecule has 0 saturated carbocycles. The molecule has 0 radical (unpaired) electrons. The minimum absolute atomic E-state index is 0.215. The molecule has 1 aromatic rings. The molecule has 1 aliphatic heterocycles. The number of anilines is 2. The van der Waals surface area contributed by atoms with Gasteiger partial charge in [-0.2, -0.15) is 0 Å². The SMILES string of the molecule is CC1CC(C)C(C)N(c2cc(F)ccc2N)C1. The molecule has 94 valence electrons. The van der Waals surface area contributed by atoms with E-state index in [1.807, 2.05) is 0 Å². The zero-order chi connectivity index (χ0) is 12.6. The van der Waals surface area contributed by atoms with Crippen molar-refractivity contribution in [1.82, 2.24) is 0 Å². The zero-order valence-electron chi connectivity index (χ0n) is 10.8. The molecular formula is C14H21FN2. The molecule has 1 saturated heterocycles. The summed E-state index contributed by atoms with van der Waals surface area (Å²) in [6.45, 7) is 7.65. The Hall–Kier alpha value is -1.25. The summed E-state index contributed by atoms with van der Waals surface area (Å²) in [7, 11) is 0. The van der Waals surface area contributed by atoms with Gasteiger partial charge in [-0.1, -0.05) is 13.8 Å². The third-order valence-corrected chi connectivity index (χ3v) is 3.90. The molecular weight excluding hydrogens is 215 g/mol. The van der Waals surface area contributed by atoms with E-state index in [0.717, 1.165) is 12.2 Å². The highest BCUT2D eigenvalue weighted by Gasteiger charge is 2.29. The molecule has 1 heterocycles. The van der Waals surface area contributed by atoms with Crippen molar-refractivity contribution in [1.29, 1.82) is 0 Å². The molecule has 17 heavy (non-hydrogen) atoms. The second-order valence-corrected chi connectivity index (χ2v) is 5.41. The Morgan fingerprint density at radius 2 is 2.00 bits per heavy atom. The maximum absolute atomic E-state index is 13.3. The fourth-order valence-corrected chi connectivity index (χ4v) is 2.80. The number of nitrogens with two attached hydrogens (primary N) is 1.